The number of rotatable bonds is 2. The molecule has 296 valence electrons. The van der Waals surface area contributed by atoms with Gasteiger partial charge in [-0.3, -0.25) is 15.1 Å². The van der Waals surface area contributed by atoms with Crippen LogP contribution in [0.4, 0.5) is 26.1 Å². The molecule has 0 aliphatic carbocycles. The zero-order valence-electron chi connectivity index (χ0n) is 31.9. The number of hydrogen-bond donors (Lipinski definition) is 2. The summed E-state index contributed by atoms with van der Waals surface area (Å²) in [6.45, 7) is 5.50. The Morgan fingerprint density at radius 2 is 1.84 bits per heavy atom. The SMILES string of the molecule is COC1CN(C)C(=O)C2CC(CN2c2nc3ncc2/C=N\Nc2ccc(F)cc2OCCN2CCOC3C2)Nc2cccc(n2)-c2cc(F)cc3nc(C)n(c23)C1. The lowest BCUT2D eigenvalue weighted by Gasteiger charge is -2.33. The molecule has 5 aliphatic heterocycles. The number of morpholine rings is 1. The molecule has 5 unspecified atom stereocenters. The Morgan fingerprint density at radius 1 is 0.965 bits per heavy atom. The number of pyridine rings is 1. The van der Waals surface area contributed by atoms with Crippen LogP contribution in [0.2, 0.25) is 0 Å². The van der Waals surface area contributed by atoms with Crippen molar-refractivity contribution in [1.82, 2.24) is 34.3 Å². The van der Waals surface area contributed by atoms with E-state index in [1.165, 1.54) is 24.3 Å². The van der Waals surface area contributed by atoms with Crippen LogP contribution in [-0.4, -0.2) is 125 Å². The number of likely N-dealkylation sites (N-methyl/N-ethyl adjacent to an activating group) is 1. The molecule has 0 radical (unpaired) electrons. The second-order valence-electron chi connectivity index (χ2n) is 14.8. The summed E-state index contributed by atoms with van der Waals surface area (Å²) in [6.07, 6.45) is 2.86. The van der Waals surface area contributed by atoms with E-state index in [-0.39, 0.29) is 18.5 Å². The first-order valence-corrected chi connectivity index (χ1v) is 19.1. The smallest absolute Gasteiger partial charge is 0.245 e. The standard InChI is InChI=1S/C40H43F2N11O4/c1-23-45-32-14-26(42)13-29-30-5-4-6-36(47-30)46-27-16-33(40(54)50(2)20-28(55-3)21-52(23)37(29)32)53(19-27)39-24-17-43-38(48-39)35-22-51(10-12-57-35)9-11-56-34-15-25(41)7-8-31(34)49-44-18-24/h4-8,13-15,17-18,27-28,33,35,49H,9-12,16,19-22H2,1-3H3,(H,46,47)/b44-18-. The second-order valence-corrected chi connectivity index (χ2v) is 14.8. The van der Waals surface area contributed by atoms with Gasteiger partial charge in [-0.15, -0.1) is 0 Å². The van der Waals surface area contributed by atoms with E-state index in [1.54, 1.807) is 37.5 Å². The van der Waals surface area contributed by atoms with Crippen LogP contribution >= 0.6 is 0 Å². The van der Waals surface area contributed by atoms with E-state index in [2.05, 4.69) is 20.7 Å². The number of carbonyl (C=O) groups excluding carboxylic acids is 1. The van der Waals surface area contributed by atoms with Gasteiger partial charge in [0, 0.05) is 76.8 Å². The molecule has 57 heavy (non-hydrogen) atoms. The second kappa shape index (κ2) is 15.3. The number of hydrazone groups is 1. The molecule has 8 heterocycles. The molecule has 5 atom stereocenters. The van der Waals surface area contributed by atoms with Crippen LogP contribution in [0.1, 0.15) is 29.7 Å². The number of ether oxygens (including phenoxy) is 3. The summed E-state index contributed by atoms with van der Waals surface area (Å²) in [4.78, 5) is 40.1. The van der Waals surface area contributed by atoms with E-state index in [9.17, 15) is 9.18 Å². The van der Waals surface area contributed by atoms with Gasteiger partial charge in [-0.05, 0) is 43.7 Å². The molecule has 2 saturated heterocycles. The number of nitrogens with zero attached hydrogens (tertiary/aromatic N) is 9. The van der Waals surface area contributed by atoms with Crippen molar-refractivity contribution in [2.75, 3.05) is 75.7 Å². The number of imidazole rings is 1. The maximum Gasteiger partial charge on any atom is 0.245 e. The van der Waals surface area contributed by atoms with Crippen molar-refractivity contribution in [1.29, 1.82) is 0 Å². The highest BCUT2D eigenvalue weighted by atomic mass is 19.1. The Balaban J connectivity index is 1.13. The van der Waals surface area contributed by atoms with Gasteiger partial charge in [-0.25, -0.2) is 28.7 Å². The number of nitrogens with one attached hydrogen (secondary N) is 2. The van der Waals surface area contributed by atoms with Crippen LogP contribution in [0.15, 0.2) is 59.8 Å². The molecule has 2 N–H and O–H groups in total. The summed E-state index contributed by atoms with van der Waals surface area (Å²) in [5, 5.41) is 8.08. The van der Waals surface area contributed by atoms with Gasteiger partial charge in [-0.1, -0.05) is 6.07 Å². The van der Waals surface area contributed by atoms with E-state index in [0.29, 0.717) is 109 Å². The Hall–Kier alpha value is -5.78. The molecule has 3 aromatic heterocycles. The van der Waals surface area contributed by atoms with Gasteiger partial charge < -0.3 is 33.9 Å². The van der Waals surface area contributed by atoms with Crippen LogP contribution in [-0.2, 0) is 20.8 Å². The number of hydrogen-bond acceptors (Lipinski definition) is 13. The Bertz CT molecular complexity index is 2360. The molecule has 0 saturated carbocycles. The summed E-state index contributed by atoms with van der Waals surface area (Å²) in [5.74, 6) is 1.66. The van der Waals surface area contributed by atoms with Gasteiger partial charge in [-0.2, -0.15) is 5.10 Å². The van der Waals surface area contributed by atoms with Crippen molar-refractivity contribution in [2.24, 2.45) is 5.10 Å². The predicted octanol–water partition coefficient (Wildman–Crippen LogP) is 4.23. The Kier molecular flexibility index (Phi) is 9.88. The van der Waals surface area contributed by atoms with E-state index < -0.39 is 29.9 Å². The summed E-state index contributed by atoms with van der Waals surface area (Å²) >= 11 is 0. The zero-order valence-corrected chi connectivity index (χ0v) is 31.9. The first kappa shape index (κ1) is 36.8. The zero-order chi connectivity index (χ0) is 39.2. The van der Waals surface area contributed by atoms with Crippen molar-refractivity contribution in [3.63, 3.8) is 0 Å². The number of fused-ring (bicyclic) bond motifs is 10. The lowest BCUT2D eigenvalue weighted by Crippen LogP contribution is -2.47. The number of methoxy groups -OCH3 is 1. The Morgan fingerprint density at radius 3 is 2.72 bits per heavy atom. The first-order chi connectivity index (χ1) is 27.7. The minimum absolute atomic E-state index is 0.117. The van der Waals surface area contributed by atoms with Crippen LogP contribution in [0.25, 0.3) is 22.3 Å². The van der Waals surface area contributed by atoms with Crippen LogP contribution in [0, 0.1) is 18.6 Å². The maximum absolute atomic E-state index is 15.1. The number of aromatic nitrogens is 5. The fraction of sp³-hybridized carbons (Fsp3) is 0.400. The minimum atomic E-state index is -0.642. The van der Waals surface area contributed by atoms with Gasteiger partial charge in [0.2, 0.25) is 5.91 Å². The molecule has 10 rings (SSSR count). The number of halogens is 2. The van der Waals surface area contributed by atoms with Gasteiger partial charge in [0.25, 0.3) is 0 Å². The molecule has 15 nitrogen and oxygen atoms in total. The van der Waals surface area contributed by atoms with E-state index in [0.717, 1.165) is 5.52 Å². The Labute approximate surface area is 327 Å². The number of aryl methyl sites for hydroxylation is 1. The number of benzene rings is 2. The van der Waals surface area contributed by atoms with Crippen LogP contribution < -0.4 is 20.4 Å². The molecule has 5 aliphatic rings. The molecule has 17 heteroatoms. The minimum Gasteiger partial charge on any atom is -0.490 e. The fourth-order valence-corrected chi connectivity index (χ4v) is 8.21. The lowest BCUT2D eigenvalue weighted by molar-refractivity contribution is -0.132. The number of carbonyl (C=O) groups is 1. The van der Waals surface area contributed by atoms with Crippen LogP contribution in [0.3, 0.4) is 0 Å². The first-order valence-electron chi connectivity index (χ1n) is 19.1. The predicted molar refractivity (Wildman–Crippen MR) is 210 cm³/mol. The van der Waals surface area contributed by atoms with Crippen molar-refractivity contribution in [3.05, 3.63) is 83.6 Å². The van der Waals surface area contributed by atoms with Crippen molar-refractivity contribution in [3.8, 4) is 17.0 Å². The molecular weight excluding hydrogens is 737 g/mol. The molecule has 2 aromatic carbocycles. The molecule has 8 bridgehead atoms. The molecule has 2 fully saturated rings. The third-order valence-corrected chi connectivity index (χ3v) is 11.1. The maximum atomic E-state index is 15.1. The highest BCUT2D eigenvalue weighted by Crippen LogP contribution is 2.34. The summed E-state index contributed by atoms with van der Waals surface area (Å²) in [6, 6.07) is 11.9. The van der Waals surface area contributed by atoms with E-state index in [4.69, 9.17) is 34.1 Å². The average Bonchev–Trinajstić information content (AvgIpc) is 3.76. The summed E-state index contributed by atoms with van der Waals surface area (Å²) in [5.41, 5.74) is 6.51. The topological polar surface area (TPSA) is 147 Å². The van der Waals surface area contributed by atoms with Crippen molar-refractivity contribution < 1.29 is 27.8 Å². The third kappa shape index (κ3) is 7.33. The van der Waals surface area contributed by atoms with Crippen LogP contribution in [0.5, 0.6) is 5.75 Å². The quantitative estimate of drug-likeness (QED) is 0.264. The third-order valence-electron chi connectivity index (χ3n) is 11.1. The lowest BCUT2D eigenvalue weighted by atomic mass is 10.1. The van der Waals surface area contributed by atoms with Crippen molar-refractivity contribution >= 4 is 40.5 Å². The monoisotopic (exact) mass is 779 g/mol. The largest absolute Gasteiger partial charge is 0.490 e. The van der Waals surface area contributed by atoms with Gasteiger partial charge >= 0.3 is 0 Å². The molecule has 5 aromatic rings. The highest BCUT2D eigenvalue weighted by Gasteiger charge is 2.41. The molecule has 0 spiro atoms. The number of anilines is 3. The van der Waals surface area contributed by atoms with Gasteiger partial charge in [0.15, 0.2) is 5.82 Å². The average molecular weight is 780 g/mol. The summed E-state index contributed by atoms with van der Waals surface area (Å²) < 4.78 is 49.6. The number of amides is 1. The van der Waals surface area contributed by atoms with Gasteiger partial charge in [0.1, 0.15) is 53.6 Å². The van der Waals surface area contributed by atoms with Crippen molar-refractivity contribution in [2.45, 2.75) is 44.2 Å². The van der Waals surface area contributed by atoms with E-state index >= 15 is 4.39 Å². The fourth-order valence-electron chi connectivity index (χ4n) is 8.21. The van der Waals surface area contributed by atoms with Gasteiger partial charge in [0.05, 0.1) is 53.4 Å². The molecular formula is C40H43F2N11O4. The summed E-state index contributed by atoms with van der Waals surface area (Å²) in [7, 11) is 3.40. The molecule has 1 amide bonds. The van der Waals surface area contributed by atoms with E-state index in [1.807, 2.05) is 34.6 Å². The normalized spacial score (nSPS) is 24.3. The highest BCUT2D eigenvalue weighted by molar-refractivity contribution is 5.93.